The summed E-state index contributed by atoms with van der Waals surface area (Å²) in [6.07, 6.45) is 2.37. The molecule has 0 amide bonds. The lowest BCUT2D eigenvalue weighted by Gasteiger charge is -2.18. The second-order valence-electron chi connectivity index (χ2n) is 4.87. The van der Waals surface area contributed by atoms with Gasteiger partial charge >= 0.3 is 0 Å². The number of hydrazine groups is 1. The van der Waals surface area contributed by atoms with Gasteiger partial charge in [0, 0.05) is 10.7 Å². The highest BCUT2D eigenvalue weighted by Gasteiger charge is 2.16. The van der Waals surface area contributed by atoms with Crippen LogP contribution in [0.4, 0.5) is 4.39 Å². The molecule has 0 fully saturated rings. The molecule has 0 radical (unpaired) electrons. The summed E-state index contributed by atoms with van der Waals surface area (Å²) in [6.45, 7) is 4.00. The van der Waals surface area contributed by atoms with Crippen LogP contribution in [0.25, 0.3) is 0 Å². The second-order valence-corrected chi connectivity index (χ2v) is 5.73. The summed E-state index contributed by atoms with van der Waals surface area (Å²) in [5.74, 6) is 5.39. The van der Waals surface area contributed by atoms with Gasteiger partial charge in [-0.3, -0.25) is 16.3 Å². The van der Waals surface area contributed by atoms with Crippen molar-refractivity contribution in [3.63, 3.8) is 0 Å². The molecule has 0 aliphatic heterocycles. The number of hydrogen-bond acceptors (Lipinski definition) is 3. The number of aryl methyl sites for hydroxylation is 2. The average Bonchev–Trinajstić information content (AvgIpc) is 2.40. The smallest absolute Gasteiger partial charge is 0.123 e. The summed E-state index contributed by atoms with van der Waals surface area (Å²) in [5.41, 5.74) is 6.68. The van der Waals surface area contributed by atoms with E-state index in [0.29, 0.717) is 6.42 Å². The van der Waals surface area contributed by atoms with Crippen LogP contribution in [0, 0.1) is 19.7 Å². The van der Waals surface area contributed by atoms with Gasteiger partial charge in [-0.05, 0) is 55.2 Å². The van der Waals surface area contributed by atoms with E-state index in [1.54, 1.807) is 6.07 Å². The number of pyridine rings is 1. The number of hydrogen-bond donors (Lipinski definition) is 2. The lowest BCUT2D eigenvalue weighted by Crippen LogP contribution is -2.31. The number of rotatable bonds is 4. The zero-order valence-corrected chi connectivity index (χ0v) is 13.0. The minimum atomic E-state index is -0.257. The van der Waals surface area contributed by atoms with Crippen molar-refractivity contribution in [1.29, 1.82) is 0 Å². The summed E-state index contributed by atoms with van der Waals surface area (Å²) in [6, 6.07) is 6.54. The minimum Gasteiger partial charge on any atom is -0.271 e. The Morgan fingerprint density at radius 2 is 2.10 bits per heavy atom. The van der Waals surface area contributed by atoms with Gasteiger partial charge in [-0.25, -0.2) is 4.39 Å². The maximum atomic E-state index is 13.3. The molecule has 2 aromatic rings. The first-order valence-corrected chi connectivity index (χ1v) is 7.13. The fourth-order valence-electron chi connectivity index (χ4n) is 2.24. The predicted molar refractivity (Wildman–Crippen MR) is 81.6 cm³/mol. The molecule has 3 N–H and O–H groups in total. The first-order valence-electron chi connectivity index (χ1n) is 6.34. The van der Waals surface area contributed by atoms with Crippen LogP contribution < -0.4 is 11.3 Å². The Kier molecular flexibility index (Phi) is 4.86. The van der Waals surface area contributed by atoms with Gasteiger partial charge in [0.15, 0.2) is 0 Å². The standard InChI is InChI=1S/C15H17BrFN3/c1-9-5-10(2)15(19-8-9)14(20-18)7-11-6-12(17)3-4-13(11)16/h3-6,8,14,20H,7,18H2,1-2H3. The van der Waals surface area contributed by atoms with Crippen LogP contribution in [0.2, 0.25) is 0 Å². The van der Waals surface area contributed by atoms with Gasteiger partial charge in [0.1, 0.15) is 5.82 Å². The van der Waals surface area contributed by atoms with E-state index in [4.69, 9.17) is 5.84 Å². The van der Waals surface area contributed by atoms with E-state index in [-0.39, 0.29) is 11.9 Å². The zero-order valence-electron chi connectivity index (χ0n) is 11.5. The molecule has 0 aliphatic rings. The Bertz CT molecular complexity index is 616. The molecule has 3 nitrogen and oxygen atoms in total. The van der Waals surface area contributed by atoms with Gasteiger partial charge in [0.25, 0.3) is 0 Å². The van der Waals surface area contributed by atoms with Crippen molar-refractivity contribution in [1.82, 2.24) is 10.4 Å². The molecular formula is C15H17BrFN3. The number of aromatic nitrogens is 1. The van der Waals surface area contributed by atoms with E-state index >= 15 is 0 Å². The number of nitrogens with two attached hydrogens (primary N) is 1. The Morgan fingerprint density at radius 3 is 2.75 bits per heavy atom. The van der Waals surface area contributed by atoms with E-state index in [2.05, 4.69) is 32.4 Å². The van der Waals surface area contributed by atoms with Crippen molar-refractivity contribution in [2.45, 2.75) is 26.3 Å². The highest BCUT2D eigenvalue weighted by molar-refractivity contribution is 9.10. The molecule has 0 bridgehead atoms. The molecule has 1 unspecified atom stereocenters. The number of halogens is 2. The molecule has 1 atom stereocenters. The van der Waals surface area contributed by atoms with Crippen LogP contribution in [-0.2, 0) is 6.42 Å². The van der Waals surface area contributed by atoms with Crippen molar-refractivity contribution in [3.05, 3.63) is 63.1 Å². The molecule has 0 saturated carbocycles. The lowest BCUT2D eigenvalue weighted by molar-refractivity contribution is 0.531. The summed E-state index contributed by atoms with van der Waals surface area (Å²) < 4.78 is 14.2. The molecule has 106 valence electrons. The minimum absolute atomic E-state index is 0.159. The summed E-state index contributed by atoms with van der Waals surface area (Å²) in [4.78, 5) is 4.45. The van der Waals surface area contributed by atoms with E-state index < -0.39 is 0 Å². The topological polar surface area (TPSA) is 50.9 Å². The molecular weight excluding hydrogens is 321 g/mol. The highest BCUT2D eigenvalue weighted by atomic mass is 79.9. The highest BCUT2D eigenvalue weighted by Crippen LogP contribution is 2.25. The summed E-state index contributed by atoms with van der Waals surface area (Å²) in [5, 5.41) is 0. The van der Waals surface area contributed by atoms with Crippen molar-refractivity contribution in [3.8, 4) is 0 Å². The van der Waals surface area contributed by atoms with Gasteiger partial charge in [0.2, 0.25) is 0 Å². The van der Waals surface area contributed by atoms with Gasteiger partial charge in [0.05, 0.1) is 11.7 Å². The van der Waals surface area contributed by atoms with E-state index in [0.717, 1.165) is 26.9 Å². The Labute approximate surface area is 126 Å². The fourth-order valence-corrected chi connectivity index (χ4v) is 2.65. The number of nitrogens with one attached hydrogen (secondary N) is 1. The van der Waals surface area contributed by atoms with E-state index in [1.807, 2.05) is 20.0 Å². The fraction of sp³-hybridized carbons (Fsp3) is 0.267. The van der Waals surface area contributed by atoms with Crippen LogP contribution in [0.5, 0.6) is 0 Å². The van der Waals surface area contributed by atoms with Crippen LogP contribution in [0.15, 0.2) is 34.9 Å². The van der Waals surface area contributed by atoms with Crippen LogP contribution in [0.3, 0.4) is 0 Å². The summed E-state index contributed by atoms with van der Waals surface area (Å²) in [7, 11) is 0. The third-order valence-corrected chi connectivity index (χ3v) is 3.99. The largest absolute Gasteiger partial charge is 0.271 e. The van der Waals surface area contributed by atoms with E-state index in [9.17, 15) is 4.39 Å². The monoisotopic (exact) mass is 337 g/mol. The number of nitrogens with zero attached hydrogens (tertiary/aromatic N) is 1. The average molecular weight is 338 g/mol. The first-order chi connectivity index (χ1) is 9.51. The van der Waals surface area contributed by atoms with Crippen molar-refractivity contribution < 1.29 is 4.39 Å². The maximum Gasteiger partial charge on any atom is 0.123 e. The van der Waals surface area contributed by atoms with Crippen molar-refractivity contribution in [2.24, 2.45) is 5.84 Å². The van der Waals surface area contributed by atoms with Crippen molar-refractivity contribution in [2.75, 3.05) is 0 Å². The van der Waals surface area contributed by atoms with Crippen LogP contribution >= 0.6 is 15.9 Å². The van der Waals surface area contributed by atoms with E-state index in [1.165, 1.54) is 12.1 Å². The molecule has 1 heterocycles. The van der Waals surface area contributed by atoms with Crippen LogP contribution in [-0.4, -0.2) is 4.98 Å². The second kappa shape index (κ2) is 6.43. The number of benzene rings is 1. The molecule has 2 rings (SSSR count). The molecule has 0 spiro atoms. The molecule has 0 saturated heterocycles. The lowest BCUT2D eigenvalue weighted by atomic mass is 10.00. The third-order valence-electron chi connectivity index (χ3n) is 3.22. The quantitative estimate of drug-likeness (QED) is 0.664. The SMILES string of the molecule is Cc1cnc(C(Cc2cc(F)ccc2Br)NN)c(C)c1. The Balaban J connectivity index is 2.31. The molecule has 5 heteroatoms. The molecule has 1 aromatic heterocycles. The summed E-state index contributed by atoms with van der Waals surface area (Å²) >= 11 is 3.44. The van der Waals surface area contributed by atoms with Gasteiger partial charge in [-0.1, -0.05) is 22.0 Å². The zero-order chi connectivity index (χ0) is 14.7. The maximum absolute atomic E-state index is 13.3. The predicted octanol–water partition coefficient (Wildman–Crippen LogP) is 3.35. The molecule has 1 aromatic carbocycles. The molecule has 0 aliphatic carbocycles. The van der Waals surface area contributed by atoms with Gasteiger partial charge in [-0.2, -0.15) is 0 Å². The Morgan fingerprint density at radius 1 is 1.35 bits per heavy atom. The van der Waals surface area contributed by atoms with Gasteiger partial charge in [-0.15, -0.1) is 0 Å². The third kappa shape index (κ3) is 3.42. The normalized spacial score (nSPS) is 12.4. The van der Waals surface area contributed by atoms with Crippen molar-refractivity contribution >= 4 is 15.9 Å². The first kappa shape index (κ1) is 15.1. The van der Waals surface area contributed by atoms with Crippen LogP contribution in [0.1, 0.15) is 28.4 Å². The van der Waals surface area contributed by atoms with Gasteiger partial charge < -0.3 is 0 Å². The Hall–Kier alpha value is -1.30. The molecule has 20 heavy (non-hydrogen) atoms.